The highest BCUT2D eigenvalue weighted by atomic mass is 32.2. The minimum Gasteiger partial charge on any atom is -0.454 e. The Balaban J connectivity index is 1.64. The lowest BCUT2D eigenvalue weighted by Crippen LogP contribution is -2.43. The van der Waals surface area contributed by atoms with Gasteiger partial charge in [0.25, 0.3) is 0 Å². The van der Waals surface area contributed by atoms with Crippen molar-refractivity contribution in [2.24, 2.45) is 5.14 Å². The smallest absolute Gasteiger partial charge is 0.146 e. The summed E-state index contributed by atoms with van der Waals surface area (Å²) in [7, 11) is 0. The number of rotatable bonds is 4. The molecule has 3 heterocycles. The highest BCUT2D eigenvalue weighted by Crippen LogP contribution is 2.34. The van der Waals surface area contributed by atoms with Crippen LogP contribution in [0.1, 0.15) is 0 Å². The summed E-state index contributed by atoms with van der Waals surface area (Å²) < 4.78 is 6.09. The highest BCUT2D eigenvalue weighted by molar-refractivity contribution is 7.97. The molecule has 7 heteroatoms. The van der Waals surface area contributed by atoms with E-state index >= 15 is 0 Å². The van der Waals surface area contributed by atoms with Crippen molar-refractivity contribution in [1.29, 1.82) is 0 Å². The molecule has 1 aliphatic heterocycles. The molecule has 0 amide bonds. The van der Waals surface area contributed by atoms with Crippen LogP contribution in [-0.2, 0) is 0 Å². The monoisotopic (exact) mass is 341 g/mol. The Hall–Kier alpha value is -2.22. The number of hydrogen-bond donors (Lipinski definition) is 3. The van der Waals surface area contributed by atoms with Gasteiger partial charge in [0.15, 0.2) is 0 Å². The van der Waals surface area contributed by atoms with Crippen LogP contribution in [0.25, 0.3) is 11.0 Å². The number of anilines is 1. The second-order valence-corrected chi connectivity index (χ2v) is 6.35. The predicted molar refractivity (Wildman–Crippen MR) is 97.7 cm³/mol. The van der Waals surface area contributed by atoms with Gasteiger partial charge >= 0.3 is 0 Å². The van der Waals surface area contributed by atoms with E-state index in [1.807, 2.05) is 24.4 Å². The quantitative estimate of drug-likeness (QED) is 0.633. The zero-order valence-corrected chi connectivity index (χ0v) is 14.0. The van der Waals surface area contributed by atoms with Gasteiger partial charge in [-0.2, -0.15) is 0 Å². The Bertz CT molecular complexity index is 844. The van der Waals surface area contributed by atoms with Crippen LogP contribution in [0.4, 0.5) is 5.69 Å². The lowest BCUT2D eigenvalue weighted by atomic mass is 10.2. The lowest BCUT2D eigenvalue weighted by Gasteiger charge is -2.30. The summed E-state index contributed by atoms with van der Waals surface area (Å²) in [5.74, 6) is 1.46. The molecule has 1 saturated heterocycles. The number of aromatic nitrogens is 2. The number of ether oxygens (including phenoxy) is 1. The Morgan fingerprint density at radius 1 is 1.17 bits per heavy atom. The summed E-state index contributed by atoms with van der Waals surface area (Å²) in [5, 5.41) is 10.2. The number of hydrogen-bond acceptors (Lipinski definition) is 6. The first-order valence-corrected chi connectivity index (χ1v) is 8.79. The van der Waals surface area contributed by atoms with E-state index in [1.165, 1.54) is 11.9 Å². The third kappa shape index (κ3) is 3.06. The Morgan fingerprint density at radius 2 is 2.04 bits per heavy atom. The second kappa shape index (κ2) is 6.72. The molecule has 24 heavy (non-hydrogen) atoms. The number of nitrogens with two attached hydrogens (primary N) is 1. The van der Waals surface area contributed by atoms with E-state index < -0.39 is 0 Å². The van der Waals surface area contributed by atoms with Crippen LogP contribution >= 0.6 is 11.9 Å². The molecule has 0 bridgehead atoms. The predicted octanol–water partition coefficient (Wildman–Crippen LogP) is 2.73. The molecule has 6 nitrogen and oxygen atoms in total. The standard InChI is InChI=1S/C17H19N5OS/c18-24-16-2-1-13(22-7-5-19-6-8-22)10-15(16)23-14-9-12-3-4-20-17(12)21-11-14/h1-4,9-11,19H,5-8,18H2,(H,20,21). The molecule has 0 atom stereocenters. The van der Waals surface area contributed by atoms with Crippen molar-refractivity contribution < 1.29 is 4.74 Å². The number of aromatic amines is 1. The Labute approximate surface area is 144 Å². The average Bonchev–Trinajstić information content (AvgIpc) is 3.10. The molecule has 1 aromatic carbocycles. The van der Waals surface area contributed by atoms with Crippen molar-refractivity contribution in [3.63, 3.8) is 0 Å². The van der Waals surface area contributed by atoms with Crippen molar-refractivity contribution in [2.75, 3.05) is 31.1 Å². The number of nitrogens with one attached hydrogen (secondary N) is 2. The number of benzene rings is 1. The van der Waals surface area contributed by atoms with Crippen molar-refractivity contribution in [3.8, 4) is 11.5 Å². The van der Waals surface area contributed by atoms with Gasteiger partial charge in [-0.05, 0) is 36.2 Å². The van der Waals surface area contributed by atoms with Crippen molar-refractivity contribution >= 4 is 28.7 Å². The highest BCUT2D eigenvalue weighted by Gasteiger charge is 2.14. The summed E-state index contributed by atoms with van der Waals surface area (Å²) in [5.41, 5.74) is 2.00. The molecule has 4 rings (SSSR count). The van der Waals surface area contributed by atoms with E-state index in [4.69, 9.17) is 9.88 Å². The fourth-order valence-corrected chi connectivity index (χ4v) is 3.26. The van der Waals surface area contributed by atoms with E-state index in [-0.39, 0.29) is 0 Å². The number of fused-ring (bicyclic) bond motifs is 1. The first kappa shape index (κ1) is 15.3. The van der Waals surface area contributed by atoms with Gasteiger partial charge in [-0.1, -0.05) is 0 Å². The average molecular weight is 341 g/mol. The Kier molecular flexibility index (Phi) is 4.29. The maximum Gasteiger partial charge on any atom is 0.146 e. The fraction of sp³-hybridized carbons (Fsp3) is 0.235. The van der Waals surface area contributed by atoms with E-state index in [0.717, 1.165) is 53.5 Å². The molecular formula is C17H19N5OS. The van der Waals surface area contributed by atoms with Crippen molar-refractivity contribution in [3.05, 3.63) is 42.7 Å². The molecule has 4 N–H and O–H groups in total. The first-order valence-electron chi connectivity index (χ1n) is 7.91. The molecule has 1 fully saturated rings. The van der Waals surface area contributed by atoms with Crippen LogP contribution in [0.5, 0.6) is 11.5 Å². The number of nitrogens with zero attached hydrogens (tertiary/aromatic N) is 2. The molecule has 3 aromatic rings. The van der Waals surface area contributed by atoms with Crippen LogP contribution in [0.2, 0.25) is 0 Å². The molecule has 0 radical (unpaired) electrons. The van der Waals surface area contributed by atoms with Crippen molar-refractivity contribution in [2.45, 2.75) is 4.90 Å². The number of piperazine rings is 1. The van der Waals surface area contributed by atoms with E-state index in [1.54, 1.807) is 6.20 Å². The molecule has 0 unspecified atom stereocenters. The largest absolute Gasteiger partial charge is 0.454 e. The molecular weight excluding hydrogens is 322 g/mol. The van der Waals surface area contributed by atoms with E-state index in [9.17, 15) is 0 Å². The first-order chi connectivity index (χ1) is 11.8. The zero-order valence-electron chi connectivity index (χ0n) is 13.2. The van der Waals surface area contributed by atoms with Gasteiger partial charge in [-0.3, -0.25) is 5.14 Å². The van der Waals surface area contributed by atoms with Gasteiger partial charge in [0.1, 0.15) is 17.1 Å². The van der Waals surface area contributed by atoms with Crippen LogP contribution < -0.4 is 20.1 Å². The van der Waals surface area contributed by atoms with E-state index in [0.29, 0.717) is 5.75 Å². The molecule has 1 aliphatic rings. The van der Waals surface area contributed by atoms with E-state index in [2.05, 4.69) is 32.3 Å². The fourth-order valence-electron chi connectivity index (χ4n) is 2.90. The topological polar surface area (TPSA) is 79.2 Å². The van der Waals surface area contributed by atoms with Gasteiger partial charge in [-0.25, -0.2) is 4.98 Å². The second-order valence-electron chi connectivity index (χ2n) is 5.67. The van der Waals surface area contributed by atoms with Gasteiger partial charge < -0.3 is 19.9 Å². The molecule has 0 spiro atoms. The van der Waals surface area contributed by atoms with Gasteiger partial charge in [0.05, 0.1) is 11.1 Å². The maximum absolute atomic E-state index is 6.09. The lowest BCUT2D eigenvalue weighted by molar-refractivity contribution is 0.469. The molecule has 0 saturated carbocycles. The number of H-pyrrole nitrogens is 1. The third-order valence-electron chi connectivity index (χ3n) is 4.14. The molecule has 124 valence electrons. The maximum atomic E-state index is 6.09. The van der Waals surface area contributed by atoms with Crippen molar-refractivity contribution in [1.82, 2.24) is 15.3 Å². The minimum atomic E-state index is 0.704. The summed E-state index contributed by atoms with van der Waals surface area (Å²) in [4.78, 5) is 10.7. The number of pyridine rings is 1. The minimum absolute atomic E-state index is 0.704. The van der Waals surface area contributed by atoms with Crippen LogP contribution in [-0.4, -0.2) is 36.1 Å². The molecule has 2 aromatic heterocycles. The summed E-state index contributed by atoms with van der Waals surface area (Å²) in [6.07, 6.45) is 3.59. The van der Waals surface area contributed by atoms with Crippen LogP contribution in [0, 0.1) is 0 Å². The summed E-state index contributed by atoms with van der Waals surface area (Å²) in [6.45, 7) is 3.98. The molecule has 0 aliphatic carbocycles. The van der Waals surface area contributed by atoms with Gasteiger partial charge in [0.2, 0.25) is 0 Å². The van der Waals surface area contributed by atoms with Gasteiger partial charge in [0, 0.05) is 49.5 Å². The zero-order chi connectivity index (χ0) is 16.4. The van der Waals surface area contributed by atoms with Gasteiger partial charge in [-0.15, -0.1) is 0 Å². The van der Waals surface area contributed by atoms with Crippen LogP contribution in [0.3, 0.4) is 0 Å². The third-order valence-corrected chi connectivity index (χ3v) is 4.73. The van der Waals surface area contributed by atoms with Crippen LogP contribution in [0.15, 0.2) is 47.6 Å². The SMILES string of the molecule is NSc1ccc(N2CCNCC2)cc1Oc1cnc2[nH]ccc2c1. The Morgan fingerprint density at radius 3 is 2.88 bits per heavy atom. The summed E-state index contributed by atoms with van der Waals surface area (Å²) in [6, 6.07) is 10.1. The summed E-state index contributed by atoms with van der Waals surface area (Å²) >= 11 is 1.19. The normalized spacial score (nSPS) is 15.0.